The minimum atomic E-state index is -0.248. The van der Waals surface area contributed by atoms with Gasteiger partial charge in [-0.2, -0.15) is 0 Å². The fraction of sp³-hybridized carbons (Fsp3) is 0.647. The van der Waals surface area contributed by atoms with Crippen molar-refractivity contribution < 1.29 is 9.13 Å². The molecule has 0 aliphatic carbocycles. The molecule has 1 aromatic rings. The lowest BCUT2D eigenvalue weighted by atomic mass is 9.79. The standard InChI is InChI=1S/C17H25BrFNO/c1-6-20-15(12-9-11(19)7-8-14(12)18)13-10-16(2,3)21-17(13,4)5/h7-9,13,15,20H,6,10H2,1-5H3. The van der Waals surface area contributed by atoms with Gasteiger partial charge in [0.15, 0.2) is 0 Å². The van der Waals surface area contributed by atoms with Crippen LogP contribution < -0.4 is 5.32 Å². The molecule has 1 N–H and O–H groups in total. The van der Waals surface area contributed by atoms with Crippen molar-refractivity contribution in [2.75, 3.05) is 6.54 Å². The Labute approximate surface area is 135 Å². The maximum Gasteiger partial charge on any atom is 0.123 e. The molecule has 0 spiro atoms. The number of hydrogen-bond donors (Lipinski definition) is 1. The molecule has 2 rings (SSSR count). The molecular formula is C17H25BrFNO. The maximum atomic E-state index is 13.7. The molecule has 0 amide bonds. The van der Waals surface area contributed by atoms with Crippen LogP contribution in [0.1, 0.15) is 52.6 Å². The molecular weight excluding hydrogens is 333 g/mol. The molecule has 1 aliphatic rings. The van der Waals surface area contributed by atoms with Crippen LogP contribution in [-0.4, -0.2) is 17.7 Å². The lowest BCUT2D eigenvalue weighted by Gasteiger charge is -2.34. The molecule has 0 saturated carbocycles. The molecule has 0 radical (unpaired) electrons. The number of halogens is 2. The van der Waals surface area contributed by atoms with Crippen LogP contribution in [0.3, 0.4) is 0 Å². The van der Waals surface area contributed by atoms with Crippen molar-refractivity contribution in [1.29, 1.82) is 0 Å². The first-order valence-corrected chi connectivity index (χ1v) is 8.34. The molecule has 1 aliphatic heterocycles. The van der Waals surface area contributed by atoms with E-state index in [0.29, 0.717) is 0 Å². The number of hydrogen-bond acceptors (Lipinski definition) is 2. The number of ether oxygens (including phenoxy) is 1. The topological polar surface area (TPSA) is 21.3 Å². The molecule has 21 heavy (non-hydrogen) atoms. The van der Waals surface area contributed by atoms with Crippen LogP contribution in [0, 0.1) is 11.7 Å². The first-order chi connectivity index (χ1) is 9.66. The third kappa shape index (κ3) is 3.66. The summed E-state index contributed by atoms with van der Waals surface area (Å²) in [6.45, 7) is 11.4. The van der Waals surface area contributed by atoms with E-state index in [0.717, 1.165) is 23.0 Å². The van der Waals surface area contributed by atoms with Crippen LogP contribution in [0.25, 0.3) is 0 Å². The number of nitrogens with one attached hydrogen (secondary N) is 1. The summed E-state index contributed by atoms with van der Waals surface area (Å²) in [5, 5.41) is 3.53. The van der Waals surface area contributed by atoms with Crippen molar-refractivity contribution >= 4 is 15.9 Å². The van der Waals surface area contributed by atoms with E-state index in [9.17, 15) is 4.39 Å². The number of rotatable bonds is 4. The normalized spacial score (nSPS) is 25.0. The summed E-state index contributed by atoms with van der Waals surface area (Å²) < 4.78 is 20.9. The molecule has 0 bridgehead atoms. The molecule has 4 heteroatoms. The molecule has 2 atom stereocenters. The van der Waals surface area contributed by atoms with Gasteiger partial charge in [-0.05, 0) is 64.4 Å². The van der Waals surface area contributed by atoms with Crippen molar-refractivity contribution in [3.63, 3.8) is 0 Å². The largest absolute Gasteiger partial charge is 0.369 e. The van der Waals surface area contributed by atoms with Crippen LogP contribution >= 0.6 is 15.9 Å². The molecule has 2 unspecified atom stereocenters. The minimum Gasteiger partial charge on any atom is -0.369 e. The van der Waals surface area contributed by atoms with E-state index < -0.39 is 0 Å². The summed E-state index contributed by atoms with van der Waals surface area (Å²) >= 11 is 3.57. The van der Waals surface area contributed by atoms with E-state index in [1.165, 1.54) is 6.07 Å². The van der Waals surface area contributed by atoms with Gasteiger partial charge in [-0.15, -0.1) is 0 Å². The highest BCUT2D eigenvalue weighted by Gasteiger charge is 2.49. The van der Waals surface area contributed by atoms with Gasteiger partial charge in [0.2, 0.25) is 0 Å². The highest BCUT2D eigenvalue weighted by Crippen LogP contribution is 2.48. The van der Waals surface area contributed by atoms with E-state index in [2.05, 4.69) is 55.9 Å². The summed E-state index contributed by atoms with van der Waals surface area (Å²) in [4.78, 5) is 0. The number of benzene rings is 1. The van der Waals surface area contributed by atoms with E-state index in [1.807, 2.05) is 0 Å². The Morgan fingerprint density at radius 1 is 1.38 bits per heavy atom. The highest BCUT2D eigenvalue weighted by molar-refractivity contribution is 9.10. The predicted octanol–water partition coefficient (Wildman–Crippen LogP) is 4.83. The van der Waals surface area contributed by atoms with Crippen molar-refractivity contribution in [3.05, 3.63) is 34.1 Å². The molecule has 118 valence electrons. The molecule has 1 aromatic carbocycles. The molecule has 1 heterocycles. The van der Waals surface area contributed by atoms with Gasteiger partial charge in [-0.3, -0.25) is 0 Å². The monoisotopic (exact) mass is 357 g/mol. The van der Waals surface area contributed by atoms with Crippen molar-refractivity contribution in [1.82, 2.24) is 5.32 Å². The molecule has 1 fully saturated rings. The second-order valence-electron chi connectivity index (χ2n) is 6.98. The van der Waals surface area contributed by atoms with Crippen LogP contribution in [0.15, 0.2) is 22.7 Å². The Kier molecular flexibility index (Phi) is 4.81. The van der Waals surface area contributed by atoms with Gasteiger partial charge in [-0.25, -0.2) is 4.39 Å². The lowest BCUT2D eigenvalue weighted by molar-refractivity contribution is -0.0778. The minimum absolute atomic E-state index is 0.0665. The highest BCUT2D eigenvalue weighted by atomic mass is 79.9. The Morgan fingerprint density at radius 2 is 2.05 bits per heavy atom. The zero-order valence-electron chi connectivity index (χ0n) is 13.5. The van der Waals surface area contributed by atoms with Crippen molar-refractivity contribution in [2.45, 2.75) is 58.3 Å². The second kappa shape index (κ2) is 5.98. The van der Waals surface area contributed by atoms with E-state index >= 15 is 0 Å². The molecule has 2 nitrogen and oxygen atoms in total. The smallest absolute Gasteiger partial charge is 0.123 e. The van der Waals surface area contributed by atoms with E-state index in [-0.39, 0.29) is 29.0 Å². The van der Waals surface area contributed by atoms with Gasteiger partial charge < -0.3 is 10.1 Å². The Morgan fingerprint density at radius 3 is 2.57 bits per heavy atom. The fourth-order valence-electron chi connectivity index (χ4n) is 3.57. The zero-order chi connectivity index (χ0) is 15.8. The summed E-state index contributed by atoms with van der Waals surface area (Å²) in [6, 6.07) is 4.95. The summed E-state index contributed by atoms with van der Waals surface area (Å²) in [7, 11) is 0. The molecule has 0 aromatic heterocycles. The summed E-state index contributed by atoms with van der Waals surface area (Å²) in [5.74, 6) is 0.0811. The SMILES string of the molecule is CCNC(c1cc(F)ccc1Br)C1CC(C)(C)OC1(C)C. The third-order valence-electron chi connectivity index (χ3n) is 4.26. The molecule has 1 saturated heterocycles. The average Bonchev–Trinajstić information content (AvgIpc) is 2.57. The summed E-state index contributed by atoms with van der Waals surface area (Å²) in [5.41, 5.74) is 0.570. The average molecular weight is 358 g/mol. The fourth-order valence-corrected chi connectivity index (χ4v) is 4.06. The van der Waals surface area contributed by atoms with E-state index in [1.54, 1.807) is 12.1 Å². The Bertz CT molecular complexity index is 516. The van der Waals surface area contributed by atoms with Gasteiger partial charge in [0, 0.05) is 16.4 Å². The Balaban J connectivity index is 2.42. The predicted molar refractivity (Wildman–Crippen MR) is 87.9 cm³/mol. The Hall–Kier alpha value is -0.450. The van der Waals surface area contributed by atoms with Crippen LogP contribution in [0.5, 0.6) is 0 Å². The van der Waals surface area contributed by atoms with Gasteiger partial charge in [0.05, 0.1) is 11.2 Å². The third-order valence-corrected chi connectivity index (χ3v) is 4.99. The first-order valence-electron chi connectivity index (χ1n) is 7.55. The van der Waals surface area contributed by atoms with Crippen LogP contribution in [-0.2, 0) is 4.74 Å². The summed E-state index contributed by atoms with van der Waals surface area (Å²) in [6.07, 6.45) is 0.945. The van der Waals surface area contributed by atoms with E-state index in [4.69, 9.17) is 4.74 Å². The quantitative estimate of drug-likeness (QED) is 0.832. The zero-order valence-corrected chi connectivity index (χ0v) is 15.1. The van der Waals surface area contributed by atoms with Crippen molar-refractivity contribution in [3.8, 4) is 0 Å². The lowest BCUT2D eigenvalue weighted by Crippen LogP contribution is -2.38. The van der Waals surface area contributed by atoms with Crippen molar-refractivity contribution in [2.24, 2.45) is 5.92 Å². The van der Waals surface area contributed by atoms with Crippen LogP contribution in [0.2, 0.25) is 0 Å². The van der Waals surface area contributed by atoms with Gasteiger partial charge in [0.25, 0.3) is 0 Å². The van der Waals surface area contributed by atoms with Gasteiger partial charge in [-0.1, -0.05) is 22.9 Å². The van der Waals surface area contributed by atoms with Gasteiger partial charge in [0.1, 0.15) is 5.82 Å². The maximum absolute atomic E-state index is 13.7. The second-order valence-corrected chi connectivity index (χ2v) is 7.83. The van der Waals surface area contributed by atoms with Gasteiger partial charge >= 0.3 is 0 Å². The van der Waals surface area contributed by atoms with Crippen LogP contribution in [0.4, 0.5) is 4.39 Å². The first kappa shape index (κ1) is 16.9.